The molecule has 0 spiro atoms. The molecule has 1 aromatic carbocycles. The summed E-state index contributed by atoms with van der Waals surface area (Å²) in [5.74, 6) is -0.466. The van der Waals surface area contributed by atoms with Gasteiger partial charge in [-0.3, -0.25) is 29.4 Å². The lowest BCUT2D eigenvalue weighted by atomic mass is 10.2. The van der Waals surface area contributed by atoms with Crippen LogP contribution in [-0.2, 0) is 9.59 Å². The lowest BCUT2D eigenvalue weighted by Gasteiger charge is -2.29. The monoisotopic (exact) mass is 351 g/mol. The number of hydrogen-bond donors (Lipinski definition) is 1. The quantitative estimate of drug-likeness (QED) is 0.860. The molecule has 0 saturated carbocycles. The van der Waals surface area contributed by atoms with Crippen LogP contribution in [-0.4, -0.2) is 51.4 Å². The molecular formula is C14H13N3O4S2. The summed E-state index contributed by atoms with van der Waals surface area (Å²) in [6, 6.07) is 9.13. The van der Waals surface area contributed by atoms with E-state index in [1.54, 1.807) is 4.90 Å². The fourth-order valence-corrected chi connectivity index (χ4v) is 3.99. The van der Waals surface area contributed by atoms with E-state index in [-0.39, 0.29) is 30.0 Å². The molecule has 2 aliphatic rings. The Kier molecular flexibility index (Phi) is 4.58. The Morgan fingerprint density at radius 1 is 1.17 bits per heavy atom. The number of carbonyl (C=O) groups is 4. The minimum Gasteiger partial charge on any atom is -0.349 e. The lowest BCUT2D eigenvalue weighted by molar-refractivity contribution is -0.124. The molecule has 1 N–H and O–H groups in total. The Morgan fingerprint density at radius 3 is 2.48 bits per heavy atom. The highest BCUT2D eigenvalue weighted by molar-refractivity contribution is 8.15. The Hall–Kier alpha value is -2.00. The van der Waals surface area contributed by atoms with E-state index in [4.69, 9.17) is 0 Å². The lowest BCUT2D eigenvalue weighted by Crippen LogP contribution is -2.44. The molecule has 9 heteroatoms. The van der Waals surface area contributed by atoms with Gasteiger partial charge in [0.2, 0.25) is 5.91 Å². The summed E-state index contributed by atoms with van der Waals surface area (Å²) < 4.78 is 0. The number of carbonyl (C=O) groups excluding carboxylic acids is 4. The number of anilines is 1. The predicted molar refractivity (Wildman–Crippen MR) is 88.3 cm³/mol. The van der Waals surface area contributed by atoms with Gasteiger partial charge in [0.1, 0.15) is 0 Å². The first-order valence-electron chi connectivity index (χ1n) is 6.86. The normalized spacial score (nSPS) is 21.0. The van der Waals surface area contributed by atoms with Gasteiger partial charge in [-0.05, 0) is 23.9 Å². The number of amides is 4. The zero-order valence-corrected chi connectivity index (χ0v) is 13.6. The van der Waals surface area contributed by atoms with Crippen LogP contribution in [0, 0.1) is 0 Å². The first kappa shape index (κ1) is 15.9. The average Bonchev–Trinajstić information content (AvgIpc) is 3.04. The molecule has 2 saturated heterocycles. The van der Waals surface area contributed by atoms with Crippen molar-refractivity contribution in [3.05, 3.63) is 30.3 Å². The second-order valence-corrected chi connectivity index (χ2v) is 6.86. The van der Waals surface area contributed by atoms with Crippen molar-refractivity contribution >= 4 is 51.5 Å². The van der Waals surface area contributed by atoms with Crippen LogP contribution in [0.15, 0.2) is 30.3 Å². The van der Waals surface area contributed by atoms with Crippen molar-refractivity contribution < 1.29 is 19.2 Å². The molecule has 23 heavy (non-hydrogen) atoms. The summed E-state index contributed by atoms with van der Waals surface area (Å²) in [5.41, 5.74) is 0.751. The van der Waals surface area contributed by atoms with Crippen molar-refractivity contribution in [2.45, 2.75) is 5.37 Å². The summed E-state index contributed by atoms with van der Waals surface area (Å²) in [6.45, 7) is 0.457. The number of imide groups is 2. The average molecular weight is 351 g/mol. The van der Waals surface area contributed by atoms with E-state index in [9.17, 15) is 19.2 Å². The van der Waals surface area contributed by atoms with Crippen molar-refractivity contribution in [1.82, 2.24) is 10.2 Å². The van der Waals surface area contributed by atoms with Gasteiger partial charge in [0.15, 0.2) is 5.37 Å². The second-order valence-electron chi connectivity index (χ2n) is 4.88. The van der Waals surface area contributed by atoms with Crippen molar-refractivity contribution in [3.8, 4) is 0 Å². The second kappa shape index (κ2) is 6.63. The fraction of sp³-hybridized carbons (Fsp3) is 0.286. The number of para-hydroxylation sites is 1. The highest BCUT2D eigenvalue weighted by Crippen LogP contribution is 2.28. The molecule has 3 rings (SSSR count). The van der Waals surface area contributed by atoms with Gasteiger partial charge in [0.25, 0.3) is 16.4 Å². The van der Waals surface area contributed by atoms with Crippen LogP contribution >= 0.6 is 23.5 Å². The van der Waals surface area contributed by atoms with E-state index < -0.39 is 16.5 Å². The maximum atomic E-state index is 12.0. The molecule has 2 heterocycles. The molecule has 2 fully saturated rings. The van der Waals surface area contributed by atoms with E-state index in [1.165, 1.54) is 4.90 Å². The van der Waals surface area contributed by atoms with Gasteiger partial charge in [-0.2, -0.15) is 0 Å². The maximum absolute atomic E-state index is 12.0. The number of nitrogens with zero attached hydrogens (tertiary/aromatic N) is 2. The third-order valence-electron chi connectivity index (χ3n) is 3.44. The Morgan fingerprint density at radius 2 is 1.91 bits per heavy atom. The highest BCUT2D eigenvalue weighted by Gasteiger charge is 2.38. The van der Waals surface area contributed by atoms with Crippen LogP contribution in [0.2, 0.25) is 0 Å². The first-order chi connectivity index (χ1) is 11.1. The zero-order valence-electron chi connectivity index (χ0n) is 11.9. The molecule has 1 unspecified atom stereocenters. The van der Waals surface area contributed by atoms with Gasteiger partial charge in [-0.15, -0.1) is 0 Å². The number of rotatable bonds is 5. The predicted octanol–water partition coefficient (Wildman–Crippen LogP) is 1.50. The summed E-state index contributed by atoms with van der Waals surface area (Å²) in [7, 11) is 0. The van der Waals surface area contributed by atoms with E-state index in [0.29, 0.717) is 0 Å². The molecule has 0 bridgehead atoms. The van der Waals surface area contributed by atoms with Crippen LogP contribution in [0.25, 0.3) is 0 Å². The van der Waals surface area contributed by atoms with Crippen LogP contribution < -0.4 is 10.2 Å². The Labute approximate surface area is 140 Å². The number of benzene rings is 1. The smallest absolute Gasteiger partial charge is 0.288 e. The van der Waals surface area contributed by atoms with Gasteiger partial charge in [0, 0.05) is 18.8 Å². The summed E-state index contributed by atoms with van der Waals surface area (Å²) in [6.07, 6.45) is 0. The van der Waals surface area contributed by atoms with Crippen LogP contribution in [0.3, 0.4) is 0 Å². The largest absolute Gasteiger partial charge is 0.349 e. The van der Waals surface area contributed by atoms with Crippen LogP contribution in [0.4, 0.5) is 15.3 Å². The molecule has 120 valence electrons. The Balaban J connectivity index is 1.78. The molecule has 0 aromatic heterocycles. The minimum absolute atomic E-state index is 0.154. The topological polar surface area (TPSA) is 86.8 Å². The first-order valence-corrected chi connectivity index (χ1v) is 8.73. The number of hydrogen-bond acceptors (Lipinski definition) is 7. The number of nitrogens with one attached hydrogen (secondary N) is 1. The molecule has 1 aromatic rings. The van der Waals surface area contributed by atoms with Crippen molar-refractivity contribution in [3.63, 3.8) is 0 Å². The van der Waals surface area contributed by atoms with Crippen LogP contribution in [0.1, 0.15) is 0 Å². The van der Waals surface area contributed by atoms with Gasteiger partial charge in [-0.1, -0.05) is 30.0 Å². The van der Waals surface area contributed by atoms with E-state index >= 15 is 0 Å². The molecule has 0 radical (unpaired) electrons. The standard InChI is InChI=1S/C14H13N3O4S2/c18-10-8-22-14(21)17(10)7-6-16(9-4-2-1-3-5-9)12-11(19)15-13(20)23-12/h1-5,12H,6-8H2,(H,15,19,20). The van der Waals surface area contributed by atoms with Gasteiger partial charge >= 0.3 is 0 Å². The number of thioether (sulfide) groups is 2. The molecular weight excluding hydrogens is 338 g/mol. The highest BCUT2D eigenvalue weighted by atomic mass is 32.2. The molecule has 2 aliphatic heterocycles. The zero-order chi connectivity index (χ0) is 16.4. The summed E-state index contributed by atoms with van der Waals surface area (Å²) in [5, 5.41) is 0.877. The van der Waals surface area contributed by atoms with Crippen molar-refractivity contribution in [1.29, 1.82) is 0 Å². The third-order valence-corrected chi connectivity index (χ3v) is 5.31. The van der Waals surface area contributed by atoms with Gasteiger partial charge in [0.05, 0.1) is 5.75 Å². The maximum Gasteiger partial charge on any atom is 0.288 e. The summed E-state index contributed by atoms with van der Waals surface area (Å²) >= 11 is 1.87. The van der Waals surface area contributed by atoms with Crippen LogP contribution in [0.5, 0.6) is 0 Å². The minimum atomic E-state index is -0.703. The van der Waals surface area contributed by atoms with E-state index in [0.717, 1.165) is 29.2 Å². The van der Waals surface area contributed by atoms with Gasteiger partial charge in [-0.25, -0.2) is 0 Å². The van der Waals surface area contributed by atoms with Crippen molar-refractivity contribution in [2.75, 3.05) is 23.7 Å². The summed E-state index contributed by atoms with van der Waals surface area (Å²) in [4.78, 5) is 49.7. The molecule has 4 amide bonds. The fourth-order valence-electron chi connectivity index (χ4n) is 2.36. The van der Waals surface area contributed by atoms with E-state index in [2.05, 4.69) is 5.32 Å². The molecule has 0 aliphatic carbocycles. The molecule has 7 nitrogen and oxygen atoms in total. The molecule has 1 atom stereocenters. The van der Waals surface area contributed by atoms with Crippen molar-refractivity contribution in [2.24, 2.45) is 0 Å². The van der Waals surface area contributed by atoms with E-state index in [1.807, 2.05) is 30.3 Å². The third kappa shape index (κ3) is 3.35. The SMILES string of the molecule is O=C1NC(=O)C(N(CCN2C(=O)CSC2=O)c2ccccc2)S1. The van der Waals surface area contributed by atoms with Gasteiger partial charge < -0.3 is 4.90 Å². The Bertz CT molecular complexity index is 651.